The molecule has 2 aromatic carbocycles. The summed E-state index contributed by atoms with van der Waals surface area (Å²) in [5.41, 5.74) is 0.473. The van der Waals surface area contributed by atoms with E-state index in [0.717, 1.165) is 25.2 Å². The predicted octanol–water partition coefficient (Wildman–Crippen LogP) is 4.43. The summed E-state index contributed by atoms with van der Waals surface area (Å²) in [5, 5.41) is 15.7. The van der Waals surface area contributed by atoms with Crippen LogP contribution in [-0.2, 0) is 16.1 Å². The fourth-order valence-corrected chi connectivity index (χ4v) is 4.16. The van der Waals surface area contributed by atoms with E-state index < -0.39 is 0 Å². The topological polar surface area (TPSA) is 100 Å². The van der Waals surface area contributed by atoms with E-state index >= 15 is 0 Å². The van der Waals surface area contributed by atoms with Gasteiger partial charge in [-0.05, 0) is 72.7 Å². The van der Waals surface area contributed by atoms with Crippen LogP contribution in [0, 0.1) is 0 Å². The second kappa shape index (κ2) is 11.4. The summed E-state index contributed by atoms with van der Waals surface area (Å²) >= 11 is 7.40. The average molecular weight is 490 g/mol. The smallest absolute Gasteiger partial charge is 0.234 e. The fourth-order valence-electron chi connectivity index (χ4n) is 3.30. The molecule has 9 nitrogen and oxygen atoms in total. The molecule has 0 saturated carbocycles. The zero-order valence-electron chi connectivity index (χ0n) is 18.1. The first kappa shape index (κ1) is 23.3. The molecule has 174 valence electrons. The average Bonchev–Trinajstić information content (AvgIpc) is 3.48. The molecule has 0 spiro atoms. The number of amides is 1. The third-order valence-corrected chi connectivity index (χ3v) is 6.00. The third kappa shape index (κ3) is 6.59. The Morgan fingerprint density at radius 1 is 1.27 bits per heavy atom. The minimum absolute atomic E-state index is 0.107. The Labute approximate surface area is 200 Å². The highest BCUT2D eigenvalue weighted by atomic mass is 35.5. The lowest BCUT2D eigenvalue weighted by molar-refractivity contribution is -0.113. The van der Waals surface area contributed by atoms with Gasteiger partial charge in [-0.1, -0.05) is 23.4 Å². The second-order valence-corrected chi connectivity index (χ2v) is 8.64. The van der Waals surface area contributed by atoms with Gasteiger partial charge in [-0.2, -0.15) is 0 Å². The number of anilines is 1. The lowest BCUT2D eigenvalue weighted by Crippen LogP contribution is -2.18. The van der Waals surface area contributed by atoms with Crippen molar-refractivity contribution >= 4 is 35.0 Å². The van der Waals surface area contributed by atoms with E-state index in [-0.39, 0.29) is 17.8 Å². The number of thioether (sulfide) groups is 1. The highest BCUT2D eigenvalue weighted by molar-refractivity contribution is 7.99. The van der Waals surface area contributed by atoms with E-state index in [2.05, 4.69) is 20.8 Å². The number of benzene rings is 2. The van der Waals surface area contributed by atoms with E-state index in [1.165, 1.54) is 11.8 Å². The lowest BCUT2D eigenvalue weighted by atomic mass is 10.2. The molecular weight excluding hydrogens is 466 g/mol. The number of nitrogens with one attached hydrogen (secondary N) is 1. The monoisotopic (exact) mass is 489 g/mol. The van der Waals surface area contributed by atoms with Gasteiger partial charge in [-0.3, -0.25) is 4.79 Å². The van der Waals surface area contributed by atoms with E-state index in [9.17, 15) is 4.79 Å². The van der Waals surface area contributed by atoms with Gasteiger partial charge in [-0.15, -0.1) is 5.10 Å². The Morgan fingerprint density at radius 3 is 2.85 bits per heavy atom. The van der Waals surface area contributed by atoms with Crippen molar-refractivity contribution in [2.24, 2.45) is 0 Å². The Hall–Kier alpha value is -2.82. The summed E-state index contributed by atoms with van der Waals surface area (Å²) in [6, 6.07) is 12.3. The SMILES string of the molecule is CCOc1ccc(Oc2ccc(Cl)cc2NC(=O)CSc2nnnn2CC2CCCO2)cc1. The number of tetrazole rings is 1. The van der Waals surface area contributed by atoms with Crippen molar-refractivity contribution in [1.82, 2.24) is 20.2 Å². The van der Waals surface area contributed by atoms with Crippen molar-refractivity contribution in [3.8, 4) is 17.2 Å². The van der Waals surface area contributed by atoms with Crippen molar-refractivity contribution in [1.29, 1.82) is 0 Å². The number of ether oxygens (including phenoxy) is 3. The molecule has 2 heterocycles. The Kier molecular flexibility index (Phi) is 8.03. The summed E-state index contributed by atoms with van der Waals surface area (Å²) in [7, 11) is 0. The van der Waals surface area contributed by atoms with Crippen LogP contribution in [0.3, 0.4) is 0 Å². The van der Waals surface area contributed by atoms with Crippen LogP contribution in [0.5, 0.6) is 17.2 Å². The molecule has 11 heteroatoms. The van der Waals surface area contributed by atoms with E-state index in [1.54, 1.807) is 35.0 Å². The van der Waals surface area contributed by atoms with Crippen molar-refractivity contribution in [3.63, 3.8) is 0 Å². The number of carbonyl (C=O) groups is 1. The molecule has 0 radical (unpaired) electrons. The van der Waals surface area contributed by atoms with Crippen molar-refractivity contribution in [2.45, 2.75) is 37.6 Å². The van der Waals surface area contributed by atoms with Gasteiger partial charge < -0.3 is 19.5 Å². The first-order valence-electron chi connectivity index (χ1n) is 10.6. The third-order valence-electron chi connectivity index (χ3n) is 4.81. The molecule has 0 aliphatic carbocycles. The van der Waals surface area contributed by atoms with Crippen molar-refractivity contribution < 1.29 is 19.0 Å². The quantitative estimate of drug-likeness (QED) is 0.417. The highest BCUT2D eigenvalue weighted by Crippen LogP contribution is 2.33. The van der Waals surface area contributed by atoms with Gasteiger partial charge in [-0.25, -0.2) is 4.68 Å². The van der Waals surface area contributed by atoms with E-state index in [1.807, 2.05) is 19.1 Å². The molecule has 1 unspecified atom stereocenters. The minimum atomic E-state index is -0.231. The van der Waals surface area contributed by atoms with Gasteiger partial charge in [0.05, 0.1) is 30.7 Å². The molecule has 1 aliphatic rings. The first-order chi connectivity index (χ1) is 16.1. The number of hydrogen-bond donors (Lipinski definition) is 1. The normalized spacial score (nSPS) is 15.4. The first-order valence-corrected chi connectivity index (χ1v) is 12.0. The molecular formula is C22H24ClN5O4S. The molecule has 4 rings (SSSR count). The number of hydrogen-bond acceptors (Lipinski definition) is 8. The molecule has 1 aliphatic heterocycles. The maximum absolute atomic E-state index is 12.6. The van der Waals surface area contributed by atoms with Gasteiger partial charge in [0.2, 0.25) is 11.1 Å². The standard InChI is InChI=1S/C22H24ClN5O4S/c1-2-30-16-6-8-17(9-7-16)32-20-10-5-15(23)12-19(20)24-21(29)14-33-22-25-26-27-28(22)13-18-4-3-11-31-18/h5-10,12,18H,2-4,11,13-14H2,1H3,(H,24,29). The molecule has 33 heavy (non-hydrogen) atoms. The number of aromatic nitrogens is 4. The minimum Gasteiger partial charge on any atom is -0.494 e. The summed E-state index contributed by atoms with van der Waals surface area (Å²) in [4.78, 5) is 12.6. The van der Waals surface area contributed by atoms with Gasteiger partial charge in [0.25, 0.3) is 0 Å². The predicted molar refractivity (Wildman–Crippen MR) is 125 cm³/mol. The van der Waals surface area contributed by atoms with Crippen LogP contribution in [0.15, 0.2) is 47.6 Å². The zero-order chi connectivity index (χ0) is 23.0. The van der Waals surface area contributed by atoms with Gasteiger partial charge in [0, 0.05) is 11.6 Å². The van der Waals surface area contributed by atoms with E-state index in [0.29, 0.717) is 40.5 Å². The number of halogens is 1. The molecule has 1 fully saturated rings. The van der Waals surface area contributed by atoms with Crippen molar-refractivity contribution in [3.05, 3.63) is 47.5 Å². The Balaban J connectivity index is 1.37. The molecule has 0 bridgehead atoms. The lowest BCUT2D eigenvalue weighted by Gasteiger charge is -2.13. The molecule has 3 aromatic rings. The fraction of sp³-hybridized carbons (Fsp3) is 0.364. The molecule has 1 saturated heterocycles. The number of rotatable bonds is 10. The summed E-state index contributed by atoms with van der Waals surface area (Å²) in [5.74, 6) is 1.74. The van der Waals surface area contributed by atoms with Crippen LogP contribution < -0.4 is 14.8 Å². The zero-order valence-corrected chi connectivity index (χ0v) is 19.6. The Bertz CT molecular complexity index is 1070. The van der Waals surface area contributed by atoms with Crippen LogP contribution in [-0.4, -0.2) is 51.2 Å². The van der Waals surface area contributed by atoms with E-state index in [4.69, 9.17) is 25.8 Å². The van der Waals surface area contributed by atoms with Crippen LogP contribution >= 0.6 is 23.4 Å². The summed E-state index contributed by atoms with van der Waals surface area (Å²) < 4.78 is 18.7. The Morgan fingerprint density at radius 2 is 2.09 bits per heavy atom. The molecule has 1 N–H and O–H groups in total. The number of carbonyl (C=O) groups excluding carboxylic acids is 1. The van der Waals surface area contributed by atoms with Gasteiger partial charge >= 0.3 is 0 Å². The van der Waals surface area contributed by atoms with Crippen LogP contribution in [0.2, 0.25) is 5.02 Å². The highest BCUT2D eigenvalue weighted by Gasteiger charge is 2.19. The van der Waals surface area contributed by atoms with Crippen molar-refractivity contribution in [2.75, 3.05) is 24.3 Å². The molecule has 1 amide bonds. The maximum Gasteiger partial charge on any atom is 0.234 e. The van der Waals surface area contributed by atoms with Gasteiger partial charge in [0.15, 0.2) is 5.75 Å². The van der Waals surface area contributed by atoms with Crippen LogP contribution in [0.1, 0.15) is 19.8 Å². The largest absolute Gasteiger partial charge is 0.494 e. The number of nitrogens with zero attached hydrogens (tertiary/aromatic N) is 4. The van der Waals surface area contributed by atoms with Gasteiger partial charge in [0.1, 0.15) is 11.5 Å². The molecule has 1 aromatic heterocycles. The molecule has 1 atom stereocenters. The second-order valence-electron chi connectivity index (χ2n) is 7.26. The summed E-state index contributed by atoms with van der Waals surface area (Å²) in [6.07, 6.45) is 2.13. The van der Waals surface area contributed by atoms with Crippen LogP contribution in [0.25, 0.3) is 0 Å². The summed E-state index contributed by atoms with van der Waals surface area (Å²) in [6.45, 7) is 3.85. The van der Waals surface area contributed by atoms with Crippen LogP contribution in [0.4, 0.5) is 5.69 Å². The maximum atomic E-state index is 12.6.